The van der Waals surface area contributed by atoms with Crippen LogP contribution < -0.4 is 15.4 Å². The molecule has 1 aromatic carbocycles. The number of benzene rings is 1. The Bertz CT molecular complexity index is 1270. The van der Waals surface area contributed by atoms with Gasteiger partial charge in [-0.05, 0) is 36.2 Å². The molecule has 0 bridgehead atoms. The zero-order valence-corrected chi connectivity index (χ0v) is 18.0. The van der Waals surface area contributed by atoms with Gasteiger partial charge in [0.2, 0.25) is 21.8 Å². The Morgan fingerprint density at radius 2 is 1.94 bits per heavy atom. The van der Waals surface area contributed by atoms with Gasteiger partial charge in [0.15, 0.2) is 11.5 Å². The number of sulfonamides is 1. The highest BCUT2D eigenvalue weighted by Gasteiger charge is 2.23. The molecule has 0 saturated heterocycles. The van der Waals surface area contributed by atoms with Crippen molar-refractivity contribution >= 4 is 44.9 Å². The summed E-state index contributed by atoms with van der Waals surface area (Å²) in [6, 6.07) is 5.95. The minimum atomic E-state index is -3.67. The van der Waals surface area contributed by atoms with Crippen molar-refractivity contribution in [1.29, 1.82) is 0 Å². The molecule has 4 rings (SSSR count). The fourth-order valence-corrected chi connectivity index (χ4v) is 3.81. The maximum atomic E-state index is 13.0. The van der Waals surface area contributed by atoms with E-state index < -0.39 is 15.8 Å². The SMILES string of the molecule is CS(=O)(=O)Nc1nccnc1C(=O)c1nc(Nc2ccc3c(c2)CCNC3)ncc1Cl. The van der Waals surface area contributed by atoms with Crippen molar-refractivity contribution in [3.8, 4) is 0 Å². The first-order valence-corrected chi connectivity index (χ1v) is 11.5. The highest BCUT2D eigenvalue weighted by molar-refractivity contribution is 7.92. The van der Waals surface area contributed by atoms with Crippen LogP contribution in [0.25, 0.3) is 0 Å². The Labute approximate surface area is 183 Å². The summed E-state index contributed by atoms with van der Waals surface area (Å²) in [7, 11) is -3.67. The third kappa shape index (κ3) is 4.95. The average molecular weight is 460 g/mol. The number of carbonyl (C=O) groups excluding carboxylic acids is 1. The predicted octanol–water partition coefficient (Wildman–Crippen LogP) is 1.91. The normalized spacial score (nSPS) is 13.4. The molecule has 0 fully saturated rings. The summed E-state index contributed by atoms with van der Waals surface area (Å²) in [5.41, 5.74) is 2.89. The van der Waals surface area contributed by atoms with E-state index in [2.05, 4.69) is 35.3 Å². The van der Waals surface area contributed by atoms with E-state index in [9.17, 15) is 13.2 Å². The number of hydrogen-bond acceptors (Lipinski definition) is 9. The number of halogens is 1. The molecule has 0 spiro atoms. The summed E-state index contributed by atoms with van der Waals surface area (Å²) in [5, 5.41) is 6.40. The van der Waals surface area contributed by atoms with Gasteiger partial charge in [-0.1, -0.05) is 17.7 Å². The van der Waals surface area contributed by atoms with E-state index in [1.807, 2.05) is 18.2 Å². The van der Waals surface area contributed by atoms with Crippen molar-refractivity contribution in [1.82, 2.24) is 25.3 Å². The Kier molecular flexibility index (Phi) is 5.81. The maximum Gasteiger partial charge on any atom is 0.235 e. The topological polar surface area (TPSA) is 139 Å². The van der Waals surface area contributed by atoms with Crippen LogP contribution in [0.3, 0.4) is 0 Å². The maximum absolute atomic E-state index is 13.0. The molecule has 3 N–H and O–H groups in total. The number of nitrogens with one attached hydrogen (secondary N) is 3. The summed E-state index contributed by atoms with van der Waals surface area (Å²) in [6.07, 6.45) is 5.71. The van der Waals surface area contributed by atoms with Gasteiger partial charge in [0, 0.05) is 24.6 Å². The van der Waals surface area contributed by atoms with E-state index in [4.69, 9.17) is 11.6 Å². The summed E-state index contributed by atoms with van der Waals surface area (Å²) >= 11 is 6.16. The second-order valence-electron chi connectivity index (χ2n) is 6.88. The van der Waals surface area contributed by atoms with Gasteiger partial charge in [-0.2, -0.15) is 0 Å². The lowest BCUT2D eigenvalue weighted by Crippen LogP contribution is -2.23. The first-order chi connectivity index (χ1) is 14.8. The minimum absolute atomic E-state index is 0.00280. The number of nitrogens with zero attached hydrogens (tertiary/aromatic N) is 4. The van der Waals surface area contributed by atoms with Crippen LogP contribution in [0.5, 0.6) is 0 Å². The number of hydrogen-bond donors (Lipinski definition) is 3. The van der Waals surface area contributed by atoms with Crippen molar-refractivity contribution in [2.75, 3.05) is 22.8 Å². The smallest absolute Gasteiger partial charge is 0.235 e. The van der Waals surface area contributed by atoms with Crippen molar-refractivity contribution in [3.63, 3.8) is 0 Å². The highest BCUT2D eigenvalue weighted by Crippen LogP contribution is 2.24. The van der Waals surface area contributed by atoms with Crippen LogP contribution in [-0.4, -0.2) is 46.9 Å². The Morgan fingerprint density at radius 3 is 2.74 bits per heavy atom. The summed E-state index contributed by atoms with van der Waals surface area (Å²) in [4.78, 5) is 29.2. The van der Waals surface area contributed by atoms with Gasteiger partial charge in [-0.25, -0.2) is 28.4 Å². The fraction of sp³-hybridized carbons (Fsp3) is 0.211. The van der Waals surface area contributed by atoms with E-state index in [-0.39, 0.29) is 28.2 Å². The molecule has 3 heterocycles. The Hall–Kier alpha value is -3.15. The van der Waals surface area contributed by atoms with Crippen LogP contribution >= 0.6 is 11.6 Å². The van der Waals surface area contributed by atoms with Crippen LogP contribution in [0.1, 0.15) is 27.3 Å². The lowest BCUT2D eigenvalue weighted by atomic mass is 10.0. The molecule has 0 atom stereocenters. The molecule has 0 aliphatic carbocycles. The molecule has 0 unspecified atom stereocenters. The second-order valence-corrected chi connectivity index (χ2v) is 9.04. The molecule has 1 aliphatic heterocycles. The monoisotopic (exact) mass is 459 g/mol. The van der Waals surface area contributed by atoms with Gasteiger partial charge >= 0.3 is 0 Å². The van der Waals surface area contributed by atoms with Crippen molar-refractivity contribution in [2.24, 2.45) is 0 Å². The molecule has 1 aliphatic rings. The van der Waals surface area contributed by atoms with Crippen molar-refractivity contribution in [2.45, 2.75) is 13.0 Å². The lowest BCUT2D eigenvalue weighted by molar-refractivity contribution is 0.103. The lowest BCUT2D eigenvalue weighted by Gasteiger charge is -2.18. The van der Waals surface area contributed by atoms with Crippen LogP contribution in [0.15, 0.2) is 36.8 Å². The number of fused-ring (bicyclic) bond motifs is 1. The Morgan fingerprint density at radius 1 is 1.13 bits per heavy atom. The van der Waals surface area contributed by atoms with E-state index in [1.165, 1.54) is 29.7 Å². The van der Waals surface area contributed by atoms with Crippen LogP contribution in [0, 0.1) is 0 Å². The molecule has 2 aromatic heterocycles. The third-order valence-corrected chi connectivity index (χ3v) is 5.34. The van der Waals surface area contributed by atoms with E-state index in [0.29, 0.717) is 0 Å². The number of rotatable bonds is 6. The van der Waals surface area contributed by atoms with Crippen LogP contribution in [0.2, 0.25) is 5.02 Å². The van der Waals surface area contributed by atoms with Gasteiger partial charge in [-0.3, -0.25) is 9.52 Å². The molecule has 0 saturated carbocycles. The first-order valence-electron chi connectivity index (χ1n) is 9.26. The molecular formula is C19H18ClN7O3S. The van der Waals surface area contributed by atoms with Gasteiger partial charge in [0.25, 0.3) is 0 Å². The standard InChI is InChI=1S/C19H18ClN7O3S/c1-31(29,30)27-18-16(22-6-7-23-18)17(28)15-14(20)10-24-19(26-15)25-13-3-2-12-9-21-5-4-11(12)8-13/h2-3,6-8,10,21H,4-5,9H2,1H3,(H,23,27)(H,24,25,26). The zero-order chi connectivity index (χ0) is 22.0. The number of aromatic nitrogens is 4. The van der Waals surface area contributed by atoms with Crippen molar-refractivity contribution in [3.05, 3.63) is 64.3 Å². The summed E-state index contributed by atoms with van der Waals surface area (Å²) in [5.74, 6) is -0.725. The second kappa shape index (κ2) is 8.53. The number of carbonyl (C=O) groups is 1. The number of ketones is 1. The first kappa shape index (κ1) is 21.1. The van der Waals surface area contributed by atoms with E-state index in [0.717, 1.165) is 31.5 Å². The van der Waals surface area contributed by atoms with Crippen LogP contribution in [0.4, 0.5) is 17.5 Å². The summed E-state index contributed by atoms with van der Waals surface area (Å²) < 4.78 is 25.3. The van der Waals surface area contributed by atoms with Gasteiger partial charge in [-0.15, -0.1) is 0 Å². The quantitative estimate of drug-likeness (QED) is 0.471. The minimum Gasteiger partial charge on any atom is -0.324 e. The molecule has 3 aromatic rings. The Balaban J connectivity index is 1.64. The van der Waals surface area contributed by atoms with Crippen molar-refractivity contribution < 1.29 is 13.2 Å². The van der Waals surface area contributed by atoms with Crippen LogP contribution in [-0.2, 0) is 23.0 Å². The molecule has 0 radical (unpaired) electrons. The van der Waals surface area contributed by atoms with Gasteiger partial charge < -0.3 is 10.6 Å². The molecule has 31 heavy (non-hydrogen) atoms. The molecule has 0 amide bonds. The van der Waals surface area contributed by atoms with E-state index >= 15 is 0 Å². The number of anilines is 3. The third-order valence-electron chi connectivity index (χ3n) is 4.50. The fourth-order valence-electron chi connectivity index (χ4n) is 3.14. The highest BCUT2D eigenvalue weighted by atomic mass is 35.5. The predicted molar refractivity (Wildman–Crippen MR) is 116 cm³/mol. The molecule has 160 valence electrons. The average Bonchev–Trinajstić information content (AvgIpc) is 2.74. The largest absolute Gasteiger partial charge is 0.324 e. The molecule has 10 nitrogen and oxygen atoms in total. The summed E-state index contributed by atoms with van der Waals surface area (Å²) in [6.45, 7) is 1.74. The van der Waals surface area contributed by atoms with Gasteiger partial charge in [0.1, 0.15) is 5.69 Å². The zero-order valence-electron chi connectivity index (χ0n) is 16.4. The molecule has 12 heteroatoms. The van der Waals surface area contributed by atoms with Gasteiger partial charge in [0.05, 0.1) is 17.5 Å². The molecular weight excluding hydrogens is 442 g/mol. The van der Waals surface area contributed by atoms with E-state index in [1.54, 1.807) is 0 Å².